The van der Waals surface area contributed by atoms with Crippen LogP contribution in [0.5, 0.6) is 11.5 Å². The van der Waals surface area contributed by atoms with Gasteiger partial charge in [-0.15, -0.1) is 0 Å². The van der Waals surface area contributed by atoms with Gasteiger partial charge in [0.25, 0.3) is 11.8 Å². The number of para-hydroxylation sites is 1. The van der Waals surface area contributed by atoms with Crippen molar-refractivity contribution in [2.45, 2.75) is 6.54 Å². The van der Waals surface area contributed by atoms with Crippen LogP contribution in [0, 0.1) is 5.82 Å². The summed E-state index contributed by atoms with van der Waals surface area (Å²) in [4.78, 5) is 25.1. The maximum absolute atomic E-state index is 13.4. The SMILES string of the molecule is O=C(Nc1ccccc1C(=O)NCc1ccc2c(c1)OCO2)c1cccc(F)c1. The number of ether oxygens (including phenoxy) is 2. The standard InChI is InChI=1S/C22H17FN2O4/c23-16-5-3-4-15(11-16)21(26)25-18-7-2-1-6-17(18)22(27)24-12-14-8-9-19-20(10-14)29-13-28-19/h1-11H,12-13H2,(H,24,27)(H,25,26). The van der Waals surface area contributed by atoms with E-state index in [9.17, 15) is 14.0 Å². The third-order valence-electron chi connectivity index (χ3n) is 4.40. The minimum Gasteiger partial charge on any atom is -0.454 e. The van der Waals surface area contributed by atoms with Crippen LogP contribution in [0.1, 0.15) is 26.3 Å². The Morgan fingerprint density at radius 2 is 1.72 bits per heavy atom. The summed E-state index contributed by atoms with van der Waals surface area (Å²) in [7, 11) is 0. The van der Waals surface area contributed by atoms with Gasteiger partial charge in [0.1, 0.15) is 5.82 Å². The molecule has 4 rings (SSSR count). The van der Waals surface area contributed by atoms with Crippen LogP contribution in [0.25, 0.3) is 0 Å². The number of rotatable bonds is 5. The number of halogens is 1. The van der Waals surface area contributed by atoms with Crippen molar-refractivity contribution >= 4 is 17.5 Å². The van der Waals surface area contributed by atoms with Gasteiger partial charge in [-0.05, 0) is 48.0 Å². The lowest BCUT2D eigenvalue weighted by molar-refractivity contribution is 0.0951. The highest BCUT2D eigenvalue weighted by atomic mass is 19.1. The van der Waals surface area contributed by atoms with Gasteiger partial charge in [0.05, 0.1) is 11.3 Å². The zero-order valence-electron chi connectivity index (χ0n) is 15.3. The maximum atomic E-state index is 13.4. The molecular formula is C22H17FN2O4. The van der Waals surface area contributed by atoms with Gasteiger partial charge in [-0.1, -0.05) is 24.3 Å². The van der Waals surface area contributed by atoms with Crippen molar-refractivity contribution in [3.63, 3.8) is 0 Å². The van der Waals surface area contributed by atoms with E-state index in [1.807, 2.05) is 6.07 Å². The number of anilines is 1. The number of fused-ring (bicyclic) bond motifs is 1. The van der Waals surface area contributed by atoms with E-state index in [1.54, 1.807) is 36.4 Å². The Balaban J connectivity index is 1.46. The van der Waals surface area contributed by atoms with Crippen LogP contribution in [0.15, 0.2) is 66.7 Å². The average Bonchev–Trinajstić information content (AvgIpc) is 3.20. The zero-order valence-corrected chi connectivity index (χ0v) is 15.3. The largest absolute Gasteiger partial charge is 0.454 e. The molecule has 0 saturated heterocycles. The summed E-state index contributed by atoms with van der Waals surface area (Å²) in [6.07, 6.45) is 0. The van der Waals surface area contributed by atoms with E-state index in [2.05, 4.69) is 10.6 Å². The molecule has 0 aromatic heterocycles. The first-order chi connectivity index (χ1) is 14.1. The van der Waals surface area contributed by atoms with Gasteiger partial charge in [0, 0.05) is 12.1 Å². The molecule has 0 bridgehead atoms. The summed E-state index contributed by atoms with van der Waals surface area (Å²) in [6.45, 7) is 0.463. The monoisotopic (exact) mass is 392 g/mol. The molecule has 1 heterocycles. The van der Waals surface area contributed by atoms with E-state index in [0.717, 1.165) is 11.6 Å². The van der Waals surface area contributed by atoms with Crippen molar-refractivity contribution in [3.8, 4) is 11.5 Å². The second-order valence-electron chi connectivity index (χ2n) is 6.38. The molecule has 0 atom stereocenters. The van der Waals surface area contributed by atoms with Crippen molar-refractivity contribution in [3.05, 3.63) is 89.2 Å². The Morgan fingerprint density at radius 3 is 2.59 bits per heavy atom. The van der Waals surface area contributed by atoms with Crippen LogP contribution in [0.2, 0.25) is 0 Å². The van der Waals surface area contributed by atoms with E-state index in [0.29, 0.717) is 22.7 Å². The molecule has 1 aliphatic rings. The van der Waals surface area contributed by atoms with E-state index in [4.69, 9.17) is 9.47 Å². The number of benzene rings is 3. The molecule has 3 aromatic rings. The van der Waals surface area contributed by atoms with Crippen molar-refractivity contribution < 1.29 is 23.5 Å². The quantitative estimate of drug-likeness (QED) is 0.694. The Bertz CT molecular complexity index is 1080. The number of hydrogen-bond acceptors (Lipinski definition) is 4. The Labute approximate surface area is 166 Å². The van der Waals surface area contributed by atoms with E-state index >= 15 is 0 Å². The van der Waals surface area contributed by atoms with E-state index < -0.39 is 11.7 Å². The van der Waals surface area contributed by atoms with Crippen molar-refractivity contribution in [1.82, 2.24) is 5.32 Å². The van der Waals surface area contributed by atoms with Crippen LogP contribution in [-0.4, -0.2) is 18.6 Å². The summed E-state index contributed by atoms with van der Waals surface area (Å²) in [5.74, 6) is -0.0456. The molecule has 7 heteroatoms. The number of carbonyl (C=O) groups excluding carboxylic acids is 2. The van der Waals surface area contributed by atoms with Crippen LogP contribution >= 0.6 is 0 Å². The predicted octanol–water partition coefficient (Wildman–Crippen LogP) is 3.74. The predicted molar refractivity (Wildman–Crippen MR) is 105 cm³/mol. The molecule has 29 heavy (non-hydrogen) atoms. The van der Waals surface area contributed by atoms with Crippen molar-refractivity contribution in [1.29, 1.82) is 0 Å². The van der Waals surface area contributed by atoms with Crippen molar-refractivity contribution in [2.75, 3.05) is 12.1 Å². The summed E-state index contributed by atoms with van der Waals surface area (Å²) in [5, 5.41) is 5.49. The van der Waals surface area contributed by atoms with Crippen LogP contribution in [0.3, 0.4) is 0 Å². The van der Waals surface area contributed by atoms with Gasteiger partial charge >= 0.3 is 0 Å². The number of nitrogens with one attached hydrogen (secondary N) is 2. The number of carbonyl (C=O) groups is 2. The molecule has 0 saturated carbocycles. The normalized spacial score (nSPS) is 11.8. The van der Waals surface area contributed by atoms with E-state index in [-0.39, 0.29) is 24.8 Å². The lowest BCUT2D eigenvalue weighted by atomic mass is 10.1. The molecule has 2 N–H and O–H groups in total. The lowest BCUT2D eigenvalue weighted by Crippen LogP contribution is -2.24. The first kappa shape index (κ1) is 18.5. The van der Waals surface area contributed by atoms with Crippen LogP contribution in [-0.2, 0) is 6.54 Å². The smallest absolute Gasteiger partial charge is 0.255 e. The van der Waals surface area contributed by atoms with Gasteiger partial charge in [-0.3, -0.25) is 9.59 Å². The lowest BCUT2D eigenvalue weighted by Gasteiger charge is -2.12. The molecule has 2 amide bonds. The molecule has 0 fully saturated rings. The first-order valence-electron chi connectivity index (χ1n) is 8.93. The highest BCUT2D eigenvalue weighted by molar-refractivity contribution is 6.09. The van der Waals surface area contributed by atoms with Gasteiger partial charge in [0.2, 0.25) is 6.79 Å². The van der Waals surface area contributed by atoms with Crippen LogP contribution < -0.4 is 20.1 Å². The molecule has 6 nitrogen and oxygen atoms in total. The summed E-state index contributed by atoms with van der Waals surface area (Å²) in [6, 6.07) is 17.4. The fourth-order valence-electron chi connectivity index (χ4n) is 2.94. The third-order valence-corrected chi connectivity index (χ3v) is 4.40. The second-order valence-corrected chi connectivity index (χ2v) is 6.38. The van der Waals surface area contributed by atoms with Gasteiger partial charge in [-0.2, -0.15) is 0 Å². The minimum absolute atomic E-state index is 0.167. The van der Waals surface area contributed by atoms with Gasteiger partial charge in [-0.25, -0.2) is 4.39 Å². The Kier molecular flexibility index (Phi) is 5.11. The van der Waals surface area contributed by atoms with Crippen LogP contribution in [0.4, 0.5) is 10.1 Å². The maximum Gasteiger partial charge on any atom is 0.255 e. The Morgan fingerprint density at radius 1 is 0.897 bits per heavy atom. The summed E-state index contributed by atoms with van der Waals surface area (Å²) < 4.78 is 24.0. The summed E-state index contributed by atoms with van der Waals surface area (Å²) in [5.41, 5.74) is 1.66. The van der Waals surface area contributed by atoms with Gasteiger partial charge < -0.3 is 20.1 Å². The molecular weight excluding hydrogens is 375 g/mol. The fraction of sp³-hybridized carbons (Fsp3) is 0.0909. The number of hydrogen-bond donors (Lipinski definition) is 2. The molecule has 0 aliphatic carbocycles. The topological polar surface area (TPSA) is 76.7 Å². The van der Waals surface area contributed by atoms with E-state index in [1.165, 1.54) is 18.2 Å². The molecule has 0 unspecified atom stereocenters. The minimum atomic E-state index is -0.507. The molecule has 0 radical (unpaired) electrons. The molecule has 3 aromatic carbocycles. The molecule has 1 aliphatic heterocycles. The zero-order chi connectivity index (χ0) is 20.2. The number of amides is 2. The first-order valence-corrected chi connectivity index (χ1v) is 8.93. The van der Waals surface area contributed by atoms with Crippen molar-refractivity contribution in [2.24, 2.45) is 0 Å². The Hall–Kier alpha value is -3.87. The van der Waals surface area contributed by atoms with Gasteiger partial charge in [0.15, 0.2) is 11.5 Å². The highest BCUT2D eigenvalue weighted by Crippen LogP contribution is 2.32. The summed E-state index contributed by atoms with van der Waals surface area (Å²) >= 11 is 0. The fourth-order valence-corrected chi connectivity index (χ4v) is 2.94. The second kappa shape index (κ2) is 8.02. The highest BCUT2D eigenvalue weighted by Gasteiger charge is 2.16. The third kappa shape index (κ3) is 4.19. The average molecular weight is 392 g/mol. The molecule has 0 spiro atoms. The molecule has 146 valence electrons.